The van der Waals surface area contributed by atoms with Crippen molar-refractivity contribution in [1.82, 2.24) is 0 Å². The van der Waals surface area contributed by atoms with Crippen LogP contribution in [-0.4, -0.2) is 10.9 Å². The smallest absolute Gasteiger partial charge is 0.201 e. The number of aliphatic hydroxyl groups is 1. The van der Waals surface area contributed by atoms with Crippen molar-refractivity contribution in [3.63, 3.8) is 0 Å². The van der Waals surface area contributed by atoms with E-state index in [2.05, 4.69) is 0 Å². The lowest BCUT2D eigenvalue weighted by atomic mass is 10.2. The van der Waals surface area contributed by atoms with Crippen LogP contribution in [0.3, 0.4) is 0 Å². The van der Waals surface area contributed by atoms with Crippen LogP contribution in [0.15, 0.2) is 16.7 Å². The first-order valence-electron chi connectivity index (χ1n) is 3.07. The van der Waals surface area contributed by atoms with Gasteiger partial charge in [-0.3, -0.25) is 4.79 Å². The molecule has 0 saturated carbocycles. The minimum Gasteiger partial charge on any atom is -0.461 e. The molecular weight excluding hydrogens is 132 g/mol. The van der Waals surface area contributed by atoms with Gasteiger partial charge in [0.05, 0.1) is 12.4 Å². The van der Waals surface area contributed by atoms with Gasteiger partial charge in [0.25, 0.3) is 0 Å². The molecule has 1 aliphatic carbocycles. The first-order chi connectivity index (χ1) is 4.79. The van der Waals surface area contributed by atoms with Gasteiger partial charge in [-0.05, 0) is 6.07 Å². The lowest BCUT2D eigenvalue weighted by Crippen LogP contribution is -1.91. The highest BCUT2D eigenvalue weighted by Crippen LogP contribution is 2.31. The van der Waals surface area contributed by atoms with E-state index in [0.717, 1.165) is 0 Å². The van der Waals surface area contributed by atoms with Gasteiger partial charge in [0.15, 0.2) is 5.76 Å². The molecule has 10 heavy (non-hydrogen) atoms. The first-order valence-corrected chi connectivity index (χ1v) is 3.07. The fourth-order valence-electron chi connectivity index (χ4n) is 1.19. The third-order valence-electron chi connectivity index (χ3n) is 1.69. The molecule has 0 spiro atoms. The van der Waals surface area contributed by atoms with Gasteiger partial charge in [-0.2, -0.15) is 0 Å². The Morgan fingerprint density at radius 3 is 3.20 bits per heavy atom. The summed E-state index contributed by atoms with van der Waals surface area (Å²) < 4.78 is 4.85. The topological polar surface area (TPSA) is 50.4 Å². The molecule has 1 aromatic rings. The second kappa shape index (κ2) is 1.70. The third-order valence-corrected chi connectivity index (χ3v) is 1.69. The molecule has 0 amide bonds. The van der Waals surface area contributed by atoms with E-state index in [4.69, 9.17) is 9.52 Å². The fourth-order valence-corrected chi connectivity index (χ4v) is 1.19. The van der Waals surface area contributed by atoms with Crippen LogP contribution >= 0.6 is 0 Å². The van der Waals surface area contributed by atoms with Crippen molar-refractivity contribution in [2.75, 3.05) is 0 Å². The number of furan rings is 1. The second-order valence-electron chi connectivity index (χ2n) is 2.35. The average molecular weight is 138 g/mol. The number of fused-ring (bicyclic) bond motifs is 1. The monoisotopic (exact) mass is 138 g/mol. The zero-order valence-electron chi connectivity index (χ0n) is 5.20. The summed E-state index contributed by atoms with van der Waals surface area (Å²) in [6.07, 6.45) is 0.959. The van der Waals surface area contributed by atoms with Gasteiger partial charge < -0.3 is 9.52 Å². The zero-order chi connectivity index (χ0) is 7.14. The van der Waals surface area contributed by atoms with Crippen molar-refractivity contribution in [2.24, 2.45) is 0 Å². The Bertz CT molecular complexity index is 274. The van der Waals surface area contributed by atoms with Gasteiger partial charge in [-0.1, -0.05) is 0 Å². The van der Waals surface area contributed by atoms with Gasteiger partial charge in [-0.15, -0.1) is 0 Å². The predicted octanol–water partition coefficient (Wildman–Crippen LogP) is 0.899. The second-order valence-corrected chi connectivity index (χ2v) is 2.35. The van der Waals surface area contributed by atoms with Crippen LogP contribution in [0.1, 0.15) is 28.6 Å². The Morgan fingerprint density at radius 2 is 2.50 bits per heavy atom. The Kier molecular flexibility index (Phi) is 0.964. The Labute approximate surface area is 57.3 Å². The molecule has 0 bridgehead atoms. The highest BCUT2D eigenvalue weighted by Gasteiger charge is 2.30. The van der Waals surface area contributed by atoms with Crippen LogP contribution in [0.4, 0.5) is 0 Å². The van der Waals surface area contributed by atoms with Crippen molar-refractivity contribution < 1.29 is 14.3 Å². The molecule has 1 aliphatic rings. The molecule has 3 heteroatoms. The number of hydrogen-bond acceptors (Lipinski definition) is 3. The highest BCUT2D eigenvalue weighted by molar-refractivity contribution is 5.98. The van der Waals surface area contributed by atoms with Crippen LogP contribution in [-0.2, 0) is 0 Å². The van der Waals surface area contributed by atoms with Crippen molar-refractivity contribution in [3.05, 3.63) is 23.7 Å². The third kappa shape index (κ3) is 0.552. The van der Waals surface area contributed by atoms with Gasteiger partial charge in [-0.25, -0.2) is 0 Å². The van der Waals surface area contributed by atoms with Crippen LogP contribution in [0.25, 0.3) is 0 Å². The largest absolute Gasteiger partial charge is 0.461 e. The maximum absolute atomic E-state index is 10.9. The number of ketones is 1. The molecule has 1 unspecified atom stereocenters. The number of carbonyl (C=O) groups is 1. The van der Waals surface area contributed by atoms with E-state index in [1.807, 2.05) is 0 Å². The summed E-state index contributed by atoms with van der Waals surface area (Å²) in [5.41, 5.74) is 0.630. The van der Waals surface area contributed by atoms with Gasteiger partial charge in [0, 0.05) is 12.0 Å². The highest BCUT2D eigenvalue weighted by atomic mass is 16.3. The molecule has 0 aromatic carbocycles. The average Bonchev–Trinajstić information content (AvgIpc) is 2.39. The van der Waals surface area contributed by atoms with Gasteiger partial charge in [0.1, 0.15) is 0 Å². The summed E-state index contributed by atoms with van der Waals surface area (Å²) in [6, 6.07) is 1.63. The molecule has 2 rings (SSSR count). The molecule has 0 aliphatic heterocycles. The Balaban J connectivity index is 2.58. The summed E-state index contributed by atoms with van der Waals surface area (Å²) in [5, 5.41) is 9.16. The summed E-state index contributed by atoms with van der Waals surface area (Å²) >= 11 is 0. The van der Waals surface area contributed by atoms with E-state index in [1.165, 1.54) is 6.26 Å². The SMILES string of the molecule is O=C1CC(O)c2ccoc21. The normalized spacial score (nSPS) is 23.3. The van der Waals surface area contributed by atoms with Gasteiger partial charge >= 0.3 is 0 Å². The lowest BCUT2D eigenvalue weighted by Gasteiger charge is -1.93. The van der Waals surface area contributed by atoms with Crippen LogP contribution in [0.2, 0.25) is 0 Å². The molecular formula is C7H6O3. The molecule has 3 nitrogen and oxygen atoms in total. The van der Waals surface area contributed by atoms with Crippen molar-refractivity contribution in [2.45, 2.75) is 12.5 Å². The van der Waals surface area contributed by atoms with E-state index in [-0.39, 0.29) is 12.2 Å². The molecule has 1 heterocycles. The van der Waals surface area contributed by atoms with Crippen LogP contribution in [0.5, 0.6) is 0 Å². The lowest BCUT2D eigenvalue weighted by molar-refractivity contribution is 0.0910. The van der Waals surface area contributed by atoms with E-state index in [9.17, 15) is 4.79 Å². The van der Waals surface area contributed by atoms with E-state index >= 15 is 0 Å². The summed E-state index contributed by atoms with van der Waals surface area (Å²) in [6.45, 7) is 0. The van der Waals surface area contributed by atoms with E-state index in [1.54, 1.807) is 6.07 Å². The molecule has 0 saturated heterocycles. The minimum atomic E-state index is -0.638. The fraction of sp³-hybridized carbons (Fsp3) is 0.286. The van der Waals surface area contributed by atoms with Crippen LogP contribution < -0.4 is 0 Å². The molecule has 0 radical (unpaired) electrons. The summed E-state index contributed by atoms with van der Waals surface area (Å²) in [7, 11) is 0. The Hall–Kier alpha value is -1.09. The number of aliphatic hydroxyl groups excluding tert-OH is 1. The van der Waals surface area contributed by atoms with Gasteiger partial charge in [0.2, 0.25) is 5.78 Å². The van der Waals surface area contributed by atoms with Crippen molar-refractivity contribution in [1.29, 1.82) is 0 Å². The Morgan fingerprint density at radius 1 is 1.70 bits per heavy atom. The molecule has 0 fully saturated rings. The van der Waals surface area contributed by atoms with E-state index < -0.39 is 6.10 Å². The molecule has 1 atom stereocenters. The quantitative estimate of drug-likeness (QED) is 0.579. The molecule has 52 valence electrons. The van der Waals surface area contributed by atoms with E-state index in [0.29, 0.717) is 11.3 Å². The van der Waals surface area contributed by atoms with Crippen molar-refractivity contribution in [3.8, 4) is 0 Å². The number of rotatable bonds is 0. The summed E-state index contributed by atoms with van der Waals surface area (Å²) in [4.78, 5) is 10.9. The number of hydrogen-bond donors (Lipinski definition) is 1. The molecule has 1 N–H and O–H groups in total. The standard InChI is InChI=1S/C7H6O3/c8-5-3-6(9)7-4(5)1-2-10-7/h1-2,5,8H,3H2. The predicted molar refractivity (Wildman–Crippen MR) is 32.6 cm³/mol. The molecule has 1 aromatic heterocycles. The first kappa shape index (κ1) is 5.68. The van der Waals surface area contributed by atoms with Crippen LogP contribution in [0, 0.1) is 0 Å². The minimum absolute atomic E-state index is 0.104. The van der Waals surface area contributed by atoms with Crippen molar-refractivity contribution >= 4 is 5.78 Å². The zero-order valence-corrected chi connectivity index (χ0v) is 5.20. The number of carbonyl (C=O) groups excluding carboxylic acids is 1. The maximum atomic E-state index is 10.9. The summed E-state index contributed by atoms with van der Waals surface area (Å²) in [5.74, 6) is 0.222. The number of Topliss-reactive ketones (excluding diaryl/α,β-unsaturated/α-hetero) is 1. The maximum Gasteiger partial charge on any atom is 0.201 e.